The third-order valence-electron chi connectivity index (χ3n) is 6.70. The van der Waals surface area contributed by atoms with Crippen LogP contribution in [0, 0.1) is 22.6 Å². The lowest BCUT2D eigenvalue weighted by atomic mass is 9.85. The maximum Gasteiger partial charge on any atom is 0.188 e. The zero-order valence-electron chi connectivity index (χ0n) is 23.1. The van der Waals surface area contributed by atoms with Crippen molar-refractivity contribution >= 4 is 52.0 Å². The number of nitriles is 1. The number of thiocarbonyl (C=S) groups is 1. The van der Waals surface area contributed by atoms with Crippen molar-refractivity contribution in [3.63, 3.8) is 0 Å². The number of nitrogens with one attached hydrogen (secondary N) is 2. The van der Waals surface area contributed by atoms with Crippen molar-refractivity contribution < 1.29 is 9.18 Å². The molecule has 0 saturated heterocycles. The molecule has 4 aromatic rings. The van der Waals surface area contributed by atoms with Crippen LogP contribution in [0.4, 0.5) is 10.1 Å². The van der Waals surface area contributed by atoms with Gasteiger partial charge in [-0.25, -0.2) is 14.8 Å². The summed E-state index contributed by atoms with van der Waals surface area (Å²) in [6.45, 7) is 4.70. The number of hydrogen-bond acceptors (Lipinski definition) is 5. The van der Waals surface area contributed by atoms with E-state index in [-0.39, 0.29) is 30.4 Å². The van der Waals surface area contributed by atoms with Crippen molar-refractivity contribution in [3.8, 4) is 6.07 Å². The number of carbonyl (C=O) groups excluding carboxylic acids is 1. The van der Waals surface area contributed by atoms with Crippen molar-refractivity contribution in [2.24, 2.45) is 5.41 Å². The van der Waals surface area contributed by atoms with Gasteiger partial charge in [-0.05, 0) is 59.7 Å². The number of nitrogens with zero attached hydrogens (tertiary/aromatic N) is 4. The molecule has 0 fully saturated rings. The number of imidazole rings is 1. The number of rotatable bonds is 11. The average molecular weight is 624 g/mol. The lowest BCUT2D eigenvalue weighted by Gasteiger charge is -2.34. The van der Waals surface area contributed by atoms with E-state index in [1.54, 1.807) is 53.9 Å². The lowest BCUT2D eigenvalue weighted by molar-refractivity contribution is -0.127. The van der Waals surface area contributed by atoms with E-state index in [0.29, 0.717) is 27.8 Å². The van der Waals surface area contributed by atoms with Crippen LogP contribution >= 0.6 is 35.4 Å². The quantitative estimate of drug-likeness (QED) is 0.141. The Bertz CT molecular complexity index is 1620. The molecule has 1 heterocycles. The van der Waals surface area contributed by atoms with Crippen molar-refractivity contribution in [2.75, 3.05) is 11.9 Å². The van der Waals surface area contributed by atoms with Gasteiger partial charge < -0.3 is 9.88 Å². The fraction of sp³-hybridized carbons (Fsp3) is 0.226. The van der Waals surface area contributed by atoms with Gasteiger partial charge in [-0.3, -0.25) is 9.80 Å². The number of anilines is 1. The number of aromatic nitrogens is 2. The van der Waals surface area contributed by atoms with E-state index in [1.165, 1.54) is 12.1 Å². The highest BCUT2D eigenvalue weighted by molar-refractivity contribution is 7.80. The summed E-state index contributed by atoms with van der Waals surface area (Å²) in [7, 11) is 0. The van der Waals surface area contributed by atoms with Gasteiger partial charge in [0, 0.05) is 49.0 Å². The Labute approximate surface area is 259 Å². The standard InChI is InChI=1S/C31H29Cl2FN6OS/c1-31(2,28(41)14-26-17-36-20-39(26)18-22-11-9-21(15-35)10-12-22)19-40(30(42)38-25-7-4-6-24(34)13-25)37-16-23-5-3-8-27(32)29(23)33/h3-13,17,20,37H,14,16,18-19H2,1-2H3,(H,38,42). The number of hydrazine groups is 1. The van der Waals surface area contributed by atoms with Gasteiger partial charge in [0.25, 0.3) is 0 Å². The largest absolute Gasteiger partial charge is 0.331 e. The number of ketones is 1. The molecule has 0 aliphatic heterocycles. The normalized spacial score (nSPS) is 11.1. The Hall–Kier alpha value is -3.81. The van der Waals surface area contributed by atoms with E-state index in [4.69, 9.17) is 40.7 Å². The van der Waals surface area contributed by atoms with Crippen LogP contribution in [-0.2, 0) is 24.3 Å². The molecule has 0 bridgehead atoms. The Morgan fingerprint density at radius 2 is 1.88 bits per heavy atom. The van der Waals surface area contributed by atoms with Crippen LogP contribution < -0.4 is 10.7 Å². The predicted molar refractivity (Wildman–Crippen MR) is 168 cm³/mol. The SMILES string of the molecule is CC(C)(CN(NCc1cccc(Cl)c1Cl)C(=S)Nc1cccc(F)c1)C(=O)Cc1cncn1Cc1ccc(C#N)cc1. The molecule has 1 aromatic heterocycles. The van der Waals surface area contributed by atoms with Gasteiger partial charge in [0.05, 0.1) is 28.0 Å². The van der Waals surface area contributed by atoms with Crippen LogP contribution in [-0.4, -0.2) is 32.0 Å². The molecule has 0 aliphatic carbocycles. The molecule has 0 saturated carbocycles. The first-order valence-electron chi connectivity index (χ1n) is 13.1. The minimum absolute atomic E-state index is 0.0229. The summed E-state index contributed by atoms with van der Waals surface area (Å²) >= 11 is 18.3. The van der Waals surface area contributed by atoms with E-state index >= 15 is 0 Å². The van der Waals surface area contributed by atoms with E-state index in [2.05, 4.69) is 21.8 Å². The number of hydrogen-bond donors (Lipinski definition) is 2. The molecule has 0 amide bonds. The summed E-state index contributed by atoms with van der Waals surface area (Å²) in [4.78, 5) is 17.9. The zero-order chi connectivity index (χ0) is 30.3. The van der Waals surface area contributed by atoms with Gasteiger partial charge in [-0.15, -0.1) is 0 Å². The minimum atomic E-state index is -0.859. The third kappa shape index (κ3) is 8.14. The Morgan fingerprint density at radius 1 is 1.14 bits per heavy atom. The monoisotopic (exact) mass is 622 g/mol. The molecular formula is C31H29Cl2FN6OS. The second-order valence-corrected chi connectivity index (χ2v) is 11.6. The van der Waals surface area contributed by atoms with Crippen molar-refractivity contribution in [3.05, 3.63) is 118 Å². The molecule has 11 heteroatoms. The average Bonchev–Trinajstić information content (AvgIpc) is 3.39. The maximum absolute atomic E-state index is 13.8. The molecule has 216 valence electrons. The summed E-state index contributed by atoms with van der Waals surface area (Å²) in [5.41, 5.74) is 5.97. The maximum atomic E-state index is 13.8. The highest BCUT2D eigenvalue weighted by Crippen LogP contribution is 2.26. The summed E-state index contributed by atoms with van der Waals surface area (Å²) in [6, 6.07) is 20.7. The van der Waals surface area contributed by atoms with Crippen LogP contribution in [0.3, 0.4) is 0 Å². The van der Waals surface area contributed by atoms with Crippen LogP contribution in [0.25, 0.3) is 0 Å². The fourth-order valence-corrected chi connectivity index (χ4v) is 4.86. The summed E-state index contributed by atoms with van der Waals surface area (Å²) in [5, 5.41) is 14.9. The van der Waals surface area contributed by atoms with E-state index in [0.717, 1.165) is 16.8 Å². The van der Waals surface area contributed by atoms with Crippen LogP contribution in [0.2, 0.25) is 10.0 Å². The summed E-state index contributed by atoms with van der Waals surface area (Å²) in [5.74, 6) is -0.425. The molecule has 0 spiro atoms. The van der Waals surface area contributed by atoms with Gasteiger partial charge in [-0.1, -0.05) is 67.4 Å². The molecule has 0 unspecified atom stereocenters. The second-order valence-electron chi connectivity index (χ2n) is 10.4. The molecule has 0 atom stereocenters. The van der Waals surface area contributed by atoms with Crippen LogP contribution in [0.5, 0.6) is 0 Å². The van der Waals surface area contributed by atoms with Crippen molar-refractivity contribution in [2.45, 2.75) is 33.4 Å². The first-order valence-corrected chi connectivity index (χ1v) is 14.2. The first-order chi connectivity index (χ1) is 20.1. The lowest BCUT2D eigenvalue weighted by Crippen LogP contribution is -2.51. The van der Waals surface area contributed by atoms with Gasteiger partial charge in [-0.2, -0.15) is 5.26 Å². The third-order valence-corrected chi connectivity index (χ3v) is 7.88. The highest BCUT2D eigenvalue weighted by atomic mass is 35.5. The number of Topliss-reactive ketones (excluding diaryl/α,β-unsaturated/α-hetero) is 1. The van der Waals surface area contributed by atoms with Gasteiger partial charge in [0.15, 0.2) is 5.11 Å². The van der Waals surface area contributed by atoms with Gasteiger partial charge >= 0.3 is 0 Å². The van der Waals surface area contributed by atoms with E-state index in [1.807, 2.05) is 36.6 Å². The highest BCUT2D eigenvalue weighted by Gasteiger charge is 2.32. The predicted octanol–water partition coefficient (Wildman–Crippen LogP) is 6.79. The molecule has 4 rings (SSSR count). The second kappa shape index (κ2) is 13.9. The summed E-state index contributed by atoms with van der Waals surface area (Å²) < 4.78 is 15.7. The molecule has 7 nitrogen and oxygen atoms in total. The molecule has 2 N–H and O–H groups in total. The van der Waals surface area contributed by atoms with Crippen molar-refractivity contribution in [1.82, 2.24) is 20.0 Å². The van der Waals surface area contributed by atoms with Crippen LogP contribution in [0.15, 0.2) is 79.3 Å². The molecule has 0 aliphatic rings. The van der Waals surface area contributed by atoms with Gasteiger partial charge in [0.2, 0.25) is 0 Å². The summed E-state index contributed by atoms with van der Waals surface area (Å²) in [6.07, 6.45) is 3.53. The molecular weight excluding hydrogens is 594 g/mol. The molecule has 3 aromatic carbocycles. The Kier molecular flexibility index (Phi) is 10.3. The number of carbonyl (C=O) groups is 1. The smallest absolute Gasteiger partial charge is 0.188 e. The van der Waals surface area contributed by atoms with Crippen LogP contribution in [0.1, 0.15) is 36.2 Å². The zero-order valence-corrected chi connectivity index (χ0v) is 25.4. The Morgan fingerprint density at radius 3 is 2.60 bits per heavy atom. The molecule has 0 radical (unpaired) electrons. The van der Waals surface area contributed by atoms with E-state index in [9.17, 15) is 9.18 Å². The topological polar surface area (TPSA) is 86.0 Å². The number of benzene rings is 3. The Balaban J connectivity index is 1.49. The minimum Gasteiger partial charge on any atom is -0.331 e. The fourth-order valence-electron chi connectivity index (χ4n) is 4.23. The van der Waals surface area contributed by atoms with E-state index < -0.39 is 11.2 Å². The van der Waals surface area contributed by atoms with Crippen molar-refractivity contribution in [1.29, 1.82) is 5.26 Å². The molecule has 42 heavy (non-hydrogen) atoms. The number of halogens is 3. The first kappa shape index (κ1) is 31.1. The van der Waals surface area contributed by atoms with Gasteiger partial charge in [0.1, 0.15) is 11.6 Å².